The third-order valence-electron chi connectivity index (χ3n) is 3.69. The molecule has 0 aliphatic carbocycles. The highest BCUT2D eigenvalue weighted by Crippen LogP contribution is 2.20. The number of nitrogens with one attached hydrogen (secondary N) is 1. The molecule has 1 atom stereocenters. The Hall–Kier alpha value is -0.830. The Morgan fingerprint density at radius 2 is 1.94 bits per heavy atom. The molecule has 3 heteroatoms. The van der Waals surface area contributed by atoms with Crippen molar-refractivity contribution in [1.82, 2.24) is 15.1 Å². The maximum absolute atomic E-state index is 4.69. The molecule has 0 aliphatic rings. The SMILES string of the molecule is CCCNCCCc1c(C)nn(C(C)CC)c1C. The van der Waals surface area contributed by atoms with Crippen LogP contribution in [0.1, 0.15) is 63.0 Å². The van der Waals surface area contributed by atoms with Gasteiger partial charge in [-0.25, -0.2) is 0 Å². The van der Waals surface area contributed by atoms with Crippen molar-refractivity contribution >= 4 is 0 Å². The van der Waals surface area contributed by atoms with Crippen LogP contribution in [0.2, 0.25) is 0 Å². The van der Waals surface area contributed by atoms with Crippen LogP contribution in [-0.4, -0.2) is 22.9 Å². The van der Waals surface area contributed by atoms with Crippen LogP contribution in [0.25, 0.3) is 0 Å². The number of rotatable bonds is 8. The third kappa shape index (κ3) is 3.84. The molecule has 0 saturated carbocycles. The molecule has 1 rings (SSSR count). The lowest BCUT2D eigenvalue weighted by atomic mass is 10.1. The second-order valence-corrected chi connectivity index (χ2v) is 5.20. The molecule has 0 radical (unpaired) electrons. The first kappa shape index (κ1) is 15.2. The van der Waals surface area contributed by atoms with Crippen molar-refractivity contribution in [3.63, 3.8) is 0 Å². The molecule has 1 aromatic rings. The zero-order chi connectivity index (χ0) is 13.5. The van der Waals surface area contributed by atoms with Gasteiger partial charge < -0.3 is 5.32 Å². The lowest BCUT2D eigenvalue weighted by molar-refractivity contribution is 0.464. The van der Waals surface area contributed by atoms with E-state index in [2.05, 4.69) is 44.6 Å². The molecule has 0 bridgehead atoms. The third-order valence-corrected chi connectivity index (χ3v) is 3.69. The van der Waals surface area contributed by atoms with Crippen LogP contribution in [0.3, 0.4) is 0 Å². The summed E-state index contributed by atoms with van der Waals surface area (Å²) in [4.78, 5) is 0. The van der Waals surface area contributed by atoms with E-state index >= 15 is 0 Å². The summed E-state index contributed by atoms with van der Waals surface area (Å²) in [6.07, 6.45) is 4.70. The highest BCUT2D eigenvalue weighted by atomic mass is 15.3. The molecule has 3 nitrogen and oxygen atoms in total. The highest BCUT2D eigenvalue weighted by molar-refractivity contribution is 5.25. The van der Waals surface area contributed by atoms with Crippen LogP contribution in [0, 0.1) is 13.8 Å². The molecule has 0 aliphatic heterocycles. The number of hydrogen-bond donors (Lipinski definition) is 1. The Labute approximate surface area is 112 Å². The first-order valence-corrected chi connectivity index (χ1v) is 7.37. The number of aromatic nitrogens is 2. The van der Waals surface area contributed by atoms with Crippen molar-refractivity contribution in [3.05, 3.63) is 17.0 Å². The molecule has 0 fully saturated rings. The Kier molecular flexibility index (Phi) is 6.41. The lowest BCUT2D eigenvalue weighted by Crippen LogP contribution is -2.16. The van der Waals surface area contributed by atoms with Gasteiger partial charge in [-0.15, -0.1) is 0 Å². The topological polar surface area (TPSA) is 29.9 Å². The molecule has 0 aromatic carbocycles. The van der Waals surface area contributed by atoms with Gasteiger partial charge in [0.05, 0.1) is 5.69 Å². The largest absolute Gasteiger partial charge is 0.317 e. The van der Waals surface area contributed by atoms with E-state index in [1.165, 1.54) is 29.8 Å². The van der Waals surface area contributed by atoms with E-state index in [1.807, 2.05) is 0 Å². The fourth-order valence-electron chi connectivity index (χ4n) is 2.35. The van der Waals surface area contributed by atoms with Crippen LogP contribution < -0.4 is 5.32 Å². The van der Waals surface area contributed by atoms with Gasteiger partial charge in [-0.3, -0.25) is 4.68 Å². The molecule has 1 aromatic heterocycles. The predicted molar refractivity (Wildman–Crippen MR) is 78.2 cm³/mol. The fourth-order valence-corrected chi connectivity index (χ4v) is 2.35. The molecule has 18 heavy (non-hydrogen) atoms. The van der Waals surface area contributed by atoms with Gasteiger partial charge in [-0.1, -0.05) is 13.8 Å². The minimum absolute atomic E-state index is 0.510. The molecule has 0 spiro atoms. The van der Waals surface area contributed by atoms with Gasteiger partial charge in [0, 0.05) is 11.7 Å². The summed E-state index contributed by atoms with van der Waals surface area (Å²) in [5.41, 5.74) is 4.02. The molecule has 0 amide bonds. The Morgan fingerprint density at radius 1 is 1.22 bits per heavy atom. The Morgan fingerprint density at radius 3 is 2.56 bits per heavy atom. The van der Waals surface area contributed by atoms with Crippen molar-refractivity contribution in [2.45, 2.75) is 66.3 Å². The summed E-state index contributed by atoms with van der Waals surface area (Å²) < 4.78 is 2.20. The number of nitrogens with zero attached hydrogens (tertiary/aromatic N) is 2. The summed E-state index contributed by atoms with van der Waals surface area (Å²) in [6, 6.07) is 0.510. The van der Waals surface area contributed by atoms with Gasteiger partial charge in [0.2, 0.25) is 0 Å². The van der Waals surface area contributed by atoms with E-state index in [-0.39, 0.29) is 0 Å². The zero-order valence-electron chi connectivity index (χ0n) is 12.7. The van der Waals surface area contributed by atoms with E-state index in [0.29, 0.717) is 6.04 Å². The normalized spacial score (nSPS) is 12.9. The summed E-state index contributed by atoms with van der Waals surface area (Å²) in [5, 5.41) is 8.15. The maximum Gasteiger partial charge on any atom is 0.0628 e. The van der Waals surface area contributed by atoms with Crippen LogP contribution in [0.15, 0.2) is 0 Å². The van der Waals surface area contributed by atoms with Gasteiger partial charge in [0.15, 0.2) is 0 Å². The van der Waals surface area contributed by atoms with Crippen LogP contribution >= 0.6 is 0 Å². The van der Waals surface area contributed by atoms with Crippen LogP contribution in [-0.2, 0) is 6.42 Å². The van der Waals surface area contributed by atoms with Crippen molar-refractivity contribution in [3.8, 4) is 0 Å². The molecule has 0 saturated heterocycles. The lowest BCUT2D eigenvalue weighted by Gasteiger charge is -2.12. The fraction of sp³-hybridized carbons (Fsp3) is 0.800. The zero-order valence-corrected chi connectivity index (χ0v) is 12.7. The van der Waals surface area contributed by atoms with Crippen molar-refractivity contribution in [1.29, 1.82) is 0 Å². The Balaban J connectivity index is 2.57. The standard InChI is InChI=1S/C15H29N3/c1-6-10-16-11-8-9-15-13(4)17-18(14(15)5)12(3)7-2/h12,16H,6-11H2,1-5H3. The van der Waals surface area contributed by atoms with Crippen molar-refractivity contribution < 1.29 is 0 Å². The molecular weight excluding hydrogens is 222 g/mol. The smallest absolute Gasteiger partial charge is 0.0628 e. The number of aryl methyl sites for hydroxylation is 1. The first-order valence-electron chi connectivity index (χ1n) is 7.37. The molecular formula is C15H29N3. The summed E-state index contributed by atoms with van der Waals surface area (Å²) >= 11 is 0. The minimum atomic E-state index is 0.510. The molecule has 1 heterocycles. The average Bonchev–Trinajstić information content (AvgIpc) is 2.65. The van der Waals surface area contributed by atoms with Gasteiger partial charge in [0.1, 0.15) is 0 Å². The average molecular weight is 251 g/mol. The van der Waals surface area contributed by atoms with Gasteiger partial charge in [-0.05, 0) is 65.1 Å². The maximum atomic E-state index is 4.69. The monoisotopic (exact) mass is 251 g/mol. The highest BCUT2D eigenvalue weighted by Gasteiger charge is 2.13. The van der Waals surface area contributed by atoms with E-state index in [1.54, 1.807) is 0 Å². The quantitative estimate of drug-likeness (QED) is 0.718. The minimum Gasteiger partial charge on any atom is -0.317 e. The second kappa shape index (κ2) is 7.57. The van der Waals surface area contributed by atoms with E-state index in [9.17, 15) is 0 Å². The summed E-state index contributed by atoms with van der Waals surface area (Å²) in [6.45, 7) is 13.3. The molecule has 1 N–H and O–H groups in total. The number of hydrogen-bond acceptors (Lipinski definition) is 2. The van der Waals surface area contributed by atoms with E-state index in [4.69, 9.17) is 5.10 Å². The van der Waals surface area contributed by atoms with E-state index in [0.717, 1.165) is 25.9 Å². The summed E-state index contributed by atoms with van der Waals surface area (Å²) in [7, 11) is 0. The Bertz CT molecular complexity index is 355. The van der Waals surface area contributed by atoms with Crippen molar-refractivity contribution in [2.75, 3.05) is 13.1 Å². The van der Waals surface area contributed by atoms with Crippen LogP contribution in [0.5, 0.6) is 0 Å². The molecule has 1 unspecified atom stereocenters. The van der Waals surface area contributed by atoms with E-state index < -0.39 is 0 Å². The predicted octanol–water partition coefficient (Wildman–Crippen LogP) is 3.40. The second-order valence-electron chi connectivity index (χ2n) is 5.20. The molecule has 104 valence electrons. The van der Waals surface area contributed by atoms with Gasteiger partial charge in [-0.2, -0.15) is 5.10 Å². The van der Waals surface area contributed by atoms with Crippen molar-refractivity contribution in [2.24, 2.45) is 0 Å². The van der Waals surface area contributed by atoms with Gasteiger partial charge >= 0.3 is 0 Å². The van der Waals surface area contributed by atoms with Gasteiger partial charge in [0.25, 0.3) is 0 Å². The summed E-state index contributed by atoms with van der Waals surface area (Å²) in [5.74, 6) is 0. The first-order chi connectivity index (χ1) is 8.61. The van der Waals surface area contributed by atoms with Crippen LogP contribution in [0.4, 0.5) is 0 Å².